The van der Waals surface area contributed by atoms with Crippen molar-refractivity contribution < 1.29 is 14.3 Å². The first-order valence-electron chi connectivity index (χ1n) is 6.27. The summed E-state index contributed by atoms with van der Waals surface area (Å²) in [6.07, 6.45) is 4.23. The molecular weight excluding hydrogens is 228 g/mol. The van der Waals surface area contributed by atoms with E-state index >= 15 is 0 Å². The van der Waals surface area contributed by atoms with E-state index in [0.717, 1.165) is 12.0 Å². The average molecular weight is 248 g/mol. The summed E-state index contributed by atoms with van der Waals surface area (Å²) in [5, 5.41) is 0. The Bertz CT molecular complexity index is 371. The van der Waals surface area contributed by atoms with Crippen LogP contribution in [0.4, 0.5) is 0 Å². The molecule has 3 heteroatoms. The van der Waals surface area contributed by atoms with Gasteiger partial charge in [0.1, 0.15) is 0 Å². The fraction of sp³-hybridized carbons (Fsp3) is 0.400. The van der Waals surface area contributed by atoms with Gasteiger partial charge in [-0.05, 0) is 18.9 Å². The molecule has 3 nitrogen and oxygen atoms in total. The molecule has 0 aliphatic heterocycles. The molecule has 0 saturated carbocycles. The molecule has 98 valence electrons. The lowest BCUT2D eigenvalue weighted by molar-refractivity contribution is -0.156. The van der Waals surface area contributed by atoms with E-state index in [1.165, 1.54) is 0 Å². The van der Waals surface area contributed by atoms with Crippen molar-refractivity contribution in [2.45, 2.75) is 26.4 Å². The maximum absolute atomic E-state index is 11.8. The van der Waals surface area contributed by atoms with E-state index in [4.69, 9.17) is 9.47 Å². The Hall–Kier alpha value is -1.61. The van der Waals surface area contributed by atoms with Crippen molar-refractivity contribution in [3.63, 3.8) is 0 Å². The summed E-state index contributed by atoms with van der Waals surface area (Å²) in [4.78, 5) is 11.8. The molecule has 1 atom stereocenters. The number of carbonyl (C=O) groups is 1. The number of ether oxygens (including phenoxy) is 2. The van der Waals surface area contributed by atoms with Gasteiger partial charge < -0.3 is 9.47 Å². The Morgan fingerprint density at radius 2 is 1.94 bits per heavy atom. The van der Waals surface area contributed by atoms with Crippen LogP contribution >= 0.6 is 0 Å². The number of benzene rings is 1. The van der Waals surface area contributed by atoms with Gasteiger partial charge >= 0.3 is 5.97 Å². The minimum atomic E-state index is -0.646. The van der Waals surface area contributed by atoms with Gasteiger partial charge in [0.2, 0.25) is 0 Å². The molecule has 0 aliphatic carbocycles. The number of carbonyl (C=O) groups excluding carboxylic acids is 1. The molecule has 1 unspecified atom stereocenters. The molecule has 0 heterocycles. The van der Waals surface area contributed by atoms with Crippen LogP contribution in [0.1, 0.15) is 31.9 Å². The van der Waals surface area contributed by atoms with Crippen LogP contribution in [0.5, 0.6) is 0 Å². The first-order valence-corrected chi connectivity index (χ1v) is 6.27. The van der Waals surface area contributed by atoms with Gasteiger partial charge in [0, 0.05) is 0 Å². The molecule has 0 aliphatic rings. The lowest BCUT2D eigenvalue weighted by atomic mass is 10.1. The van der Waals surface area contributed by atoms with Crippen molar-refractivity contribution in [2.75, 3.05) is 13.2 Å². The zero-order valence-corrected chi connectivity index (χ0v) is 11.0. The zero-order chi connectivity index (χ0) is 13.2. The second-order valence-electron chi connectivity index (χ2n) is 3.76. The molecular formula is C15H20O3. The fourth-order valence-electron chi connectivity index (χ4n) is 1.53. The predicted molar refractivity (Wildman–Crippen MR) is 71.2 cm³/mol. The summed E-state index contributed by atoms with van der Waals surface area (Å²) in [6.45, 7) is 4.61. The van der Waals surface area contributed by atoms with Gasteiger partial charge in [-0.25, -0.2) is 4.79 Å². The number of rotatable bonds is 7. The SMILES string of the molecule is CCC=CCOC(C(=O)OCC)c1ccccc1. The Labute approximate surface area is 108 Å². The third kappa shape index (κ3) is 4.72. The van der Waals surface area contributed by atoms with E-state index < -0.39 is 6.10 Å². The summed E-state index contributed by atoms with van der Waals surface area (Å²) in [5.74, 6) is -0.339. The largest absolute Gasteiger partial charge is 0.464 e. The van der Waals surface area contributed by atoms with Crippen molar-refractivity contribution in [3.8, 4) is 0 Å². The monoisotopic (exact) mass is 248 g/mol. The van der Waals surface area contributed by atoms with E-state index in [0.29, 0.717) is 13.2 Å². The summed E-state index contributed by atoms with van der Waals surface area (Å²) in [6, 6.07) is 9.40. The maximum Gasteiger partial charge on any atom is 0.339 e. The highest BCUT2D eigenvalue weighted by atomic mass is 16.6. The Kier molecular flexibility index (Phi) is 6.81. The molecule has 0 aromatic heterocycles. The molecule has 0 fully saturated rings. The number of hydrogen-bond donors (Lipinski definition) is 0. The van der Waals surface area contributed by atoms with Crippen molar-refractivity contribution in [3.05, 3.63) is 48.0 Å². The van der Waals surface area contributed by atoms with Crippen LogP contribution in [0.15, 0.2) is 42.5 Å². The van der Waals surface area contributed by atoms with Crippen molar-refractivity contribution in [1.82, 2.24) is 0 Å². The summed E-state index contributed by atoms with van der Waals surface area (Å²) >= 11 is 0. The maximum atomic E-state index is 11.8. The highest BCUT2D eigenvalue weighted by molar-refractivity contribution is 5.76. The van der Waals surface area contributed by atoms with Gasteiger partial charge in [0.25, 0.3) is 0 Å². The van der Waals surface area contributed by atoms with Gasteiger partial charge in [-0.1, -0.05) is 49.4 Å². The quantitative estimate of drug-likeness (QED) is 0.548. The summed E-state index contributed by atoms with van der Waals surface area (Å²) in [7, 11) is 0. The van der Waals surface area contributed by atoms with E-state index in [-0.39, 0.29) is 5.97 Å². The lowest BCUT2D eigenvalue weighted by Gasteiger charge is -2.15. The fourth-order valence-corrected chi connectivity index (χ4v) is 1.53. The van der Waals surface area contributed by atoms with Crippen LogP contribution in [0, 0.1) is 0 Å². The highest BCUT2D eigenvalue weighted by Crippen LogP contribution is 2.18. The van der Waals surface area contributed by atoms with Crippen LogP contribution in [-0.4, -0.2) is 19.2 Å². The third-order valence-electron chi connectivity index (χ3n) is 2.36. The normalized spacial score (nSPS) is 12.6. The van der Waals surface area contributed by atoms with Gasteiger partial charge in [0.15, 0.2) is 6.10 Å². The minimum Gasteiger partial charge on any atom is -0.464 e. The molecule has 0 bridgehead atoms. The molecule has 1 rings (SSSR count). The van der Waals surface area contributed by atoms with Crippen LogP contribution in [0.3, 0.4) is 0 Å². The lowest BCUT2D eigenvalue weighted by Crippen LogP contribution is -2.19. The van der Waals surface area contributed by atoms with Crippen LogP contribution in [-0.2, 0) is 14.3 Å². The van der Waals surface area contributed by atoms with Crippen molar-refractivity contribution in [2.24, 2.45) is 0 Å². The number of allylic oxidation sites excluding steroid dienone is 1. The smallest absolute Gasteiger partial charge is 0.339 e. The summed E-state index contributed by atoms with van der Waals surface area (Å²) in [5.41, 5.74) is 0.820. The first kappa shape index (κ1) is 14.5. The van der Waals surface area contributed by atoms with E-state index in [1.54, 1.807) is 6.92 Å². The molecule has 1 aromatic carbocycles. The zero-order valence-electron chi connectivity index (χ0n) is 11.0. The first-order chi connectivity index (χ1) is 8.79. The van der Waals surface area contributed by atoms with Crippen LogP contribution in [0.25, 0.3) is 0 Å². The summed E-state index contributed by atoms with van der Waals surface area (Å²) < 4.78 is 10.6. The molecule has 0 saturated heterocycles. The molecule has 0 N–H and O–H groups in total. The van der Waals surface area contributed by atoms with Gasteiger partial charge in [-0.15, -0.1) is 0 Å². The molecule has 0 amide bonds. The molecule has 1 aromatic rings. The second kappa shape index (κ2) is 8.48. The Morgan fingerprint density at radius 1 is 1.22 bits per heavy atom. The molecule has 18 heavy (non-hydrogen) atoms. The third-order valence-corrected chi connectivity index (χ3v) is 2.36. The Balaban J connectivity index is 2.69. The van der Waals surface area contributed by atoms with E-state index in [2.05, 4.69) is 6.92 Å². The topological polar surface area (TPSA) is 35.5 Å². The minimum absolute atomic E-state index is 0.339. The standard InChI is InChI=1S/C15H20O3/c1-3-5-9-12-18-14(15(16)17-4-2)13-10-7-6-8-11-13/h5-11,14H,3-4,12H2,1-2H3. The van der Waals surface area contributed by atoms with Crippen molar-refractivity contribution in [1.29, 1.82) is 0 Å². The number of esters is 1. The number of hydrogen-bond acceptors (Lipinski definition) is 3. The van der Waals surface area contributed by atoms with Gasteiger partial charge in [-0.2, -0.15) is 0 Å². The second-order valence-corrected chi connectivity index (χ2v) is 3.76. The van der Waals surface area contributed by atoms with E-state index in [1.807, 2.05) is 42.5 Å². The van der Waals surface area contributed by atoms with Gasteiger partial charge in [-0.3, -0.25) is 0 Å². The van der Waals surface area contributed by atoms with Crippen LogP contribution < -0.4 is 0 Å². The van der Waals surface area contributed by atoms with Gasteiger partial charge in [0.05, 0.1) is 13.2 Å². The van der Waals surface area contributed by atoms with Crippen LogP contribution in [0.2, 0.25) is 0 Å². The highest BCUT2D eigenvalue weighted by Gasteiger charge is 2.21. The predicted octanol–water partition coefficient (Wildman–Crippen LogP) is 3.27. The Morgan fingerprint density at radius 3 is 2.56 bits per heavy atom. The van der Waals surface area contributed by atoms with Crippen molar-refractivity contribution >= 4 is 5.97 Å². The average Bonchev–Trinajstić information content (AvgIpc) is 2.40. The molecule has 0 spiro atoms. The molecule has 0 radical (unpaired) electrons. The van der Waals surface area contributed by atoms with E-state index in [9.17, 15) is 4.79 Å².